The van der Waals surface area contributed by atoms with Crippen LogP contribution in [-0.2, 0) is 14.3 Å². The molecule has 0 aromatic rings. The Labute approximate surface area is 95.2 Å². The Bertz CT molecular complexity index is 405. The first kappa shape index (κ1) is 11.1. The average Bonchev–Trinajstić information content (AvgIpc) is 2.23. The Hall–Kier alpha value is -1.38. The van der Waals surface area contributed by atoms with Gasteiger partial charge in [-0.15, -0.1) is 0 Å². The number of methoxy groups -OCH3 is 1. The molecule has 3 atom stereocenters. The van der Waals surface area contributed by atoms with E-state index in [0.29, 0.717) is 6.42 Å². The van der Waals surface area contributed by atoms with Gasteiger partial charge < -0.3 is 4.74 Å². The predicted octanol–water partition coefficient (Wildman–Crippen LogP) is 1.89. The van der Waals surface area contributed by atoms with E-state index >= 15 is 0 Å². The fourth-order valence-corrected chi connectivity index (χ4v) is 2.80. The summed E-state index contributed by atoms with van der Waals surface area (Å²) in [5, 5.41) is 0. The lowest BCUT2D eigenvalue weighted by Gasteiger charge is -2.42. The highest BCUT2D eigenvalue weighted by atomic mass is 16.5. The molecule has 0 saturated carbocycles. The SMILES string of the molecule is COC1=CC(=O)[C@]2(C)CC=C[C@H](C)[C@@H]2C1=O. The maximum Gasteiger partial charge on any atom is 0.202 e. The van der Waals surface area contributed by atoms with E-state index in [1.165, 1.54) is 13.2 Å². The van der Waals surface area contributed by atoms with E-state index in [9.17, 15) is 9.59 Å². The summed E-state index contributed by atoms with van der Waals surface area (Å²) in [4.78, 5) is 24.2. The van der Waals surface area contributed by atoms with Crippen molar-refractivity contribution in [2.45, 2.75) is 20.3 Å². The summed E-state index contributed by atoms with van der Waals surface area (Å²) in [5.74, 6) is -0.0137. The Morgan fingerprint density at radius 1 is 1.44 bits per heavy atom. The van der Waals surface area contributed by atoms with Gasteiger partial charge in [0.15, 0.2) is 11.5 Å². The molecule has 2 aliphatic carbocycles. The minimum Gasteiger partial charge on any atom is -0.493 e. The summed E-state index contributed by atoms with van der Waals surface area (Å²) in [6, 6.07) is 0. The second kappa shape index (κ2) is 3.58. The summed E-state index contributed by atoms with van der Waals surface area (Å²) in [6.07, 6.45) is 6.00. The van der Waals surface area contributed by atoms with Crippen molar-refractivity contribution in [3.63, 3.8) is 0 Å². The summed E-state index contributed by atoms with van der Waals surface area (Å²) >= 11 is 0. The van der Waals surface area contributed by atoms with Gasteiger partial charge >= 0.3 is 0 Å². The summed E-state index contributed by atoms with van der Waals surface area (Å²) in [5.41, 5.74) is -0.576. The maximum absolute atomic E-state index is 12.2. The number of fused-ring (bicyclic) bond motifs is 1. The van der Waals surface area contributed by atoms with Crippen LogP contribution in [0.5, 0.6) is 0 Å². The van der Waals surface area contributed by atoms with Crippen molar-refractivity contribution in [3.8, 4) is 0 Å². The van der Waals surface area contributed by atoms with Gasteiger partial charge in [-0.2, -0.15) is 0 Å². The van der Waals surface area contributed by atoms with Gasteiger partial charge in [0.1, 0.15) is 0 Å². The number of ketones is 2. The standard InChI is InChI=1S/C13H16O3/c1-8-5-4-6-13(2)10(14)7-9(16-3)12(15)11(8)13/h4-5,7-8,11H,6H2,1-3H3/t8-,11+,13-/m0/s1. The molecule has 3 nitrogen and oxygen atoms in total. The first-order valence-electron chi connectivity index (χ1n) is 5.51. The molecule has 0 radical (unpaired) electrons. The van der Waals surface area contributed by atoms with Gasteiger partial charge in [-0.25, -0.2) is 0 Å². The van der Waals surface area contributed by atoms with Gasteiger partial charge in [0.05, 0.1) is 7.11 Å². The summed E-state index contributed by atoms with van der Waals surface area (Å²) in [7, 11) is 1.43. The number of allylic oxidation sites excluding steroid dienone is 4. The summed E-state index contributed by atoms with van der Waals surface area (Å²) < 4.78 is 4.98. The summed E-state index contributed by atoms with van der Waals surface area (Å²) in [6.45, 7) is 3.85. The highest BCUT2D eigenvalue weighted by Gasteiger charge is 2.51. The molecule has 0 heterocycles. The van der Waals surface area contributed by atoms with Crippen molar-refractivity contribution in [3.05, 3.63) is 24.0 Å². The van der Waals surface area contributed by atoms with Crippen molar-refractivity contribution in [1.29, 1.82) is 0 Å². The Morgan fingerprint density at radius 3 is 2.75 bits per heavy atom. The molecule has 0 aromatic carbocycles. The fourth-order valence-electron chi connectivity index (χ4n) is 2.80. The molecule has 0 aliphatic heterocycles. The van der Waals surface area contributed by atoms with E-state index in [4.69, 9.17) is 4.74 Å². The van der Waals surface area contributed by atoms with Crippen LogP contribution in [0, 0.1) is 17.3 Å². The third-order valence-electron chi connectivity index (χ3n) is 3.76. The average molecular weight is 220 g/mol. The molecular formula is C13H16O3. The molecule has 86 valence electrons. The highest BCUT2D eigenvalue weighted by Crippen LogP contribution is 2.46. The monoisotopic (exact) mass is 220 g/mol. The quantitative estimate of drug-likeness (QED) is 0.634. The highest BCUT2D eigenvalue weighted by molar-refractivity contribution is 6.11. The number of ether oxygens (including phenoxy) is 1. The lowest BCUT2D eigenvalue weighted by molar-refractivity contribution is -0.140. The largest absolute Gasteiger partial charge is 0.493 e. The van der Waals surface area contributed by atoms with Crippen LogP contribution in [0.1, 0.15) is 20.3 Å². The second-order valence-electron chi connectivity index (χ2n) is 4.83. The lowest BCUT2D eigenvalue weighted by Crippen LogP contribution is -2.47. The second-order valence-corrected chi connectivity index (χ2v) is 4.83. The van der Waals surface area contributed by atoms with Crippen LogP contribution < -0.4 is 0 Å². The number of hydrogen-bond donors (Lipinski definition) is 0. The number of carbonyl (C=O) groups is 2. The normalized spacial score (nSPS) is 38.1. The third kappa shape index (κ3) is 1.34. The van der Waals surface area contributed by atoms with Crippen molar-refractivity contribution in [2.24, 2.45) is 17.3 Å². The Morgan fingerprint density at radius 2 is 2.12 bits per heavy atom. The molecular weight excluding hydrogens is 204 g/mol. The van der Waals surface area contributed by atoms with Gasteiger partial charge in [0.2, 0.25) is 5.78 Å². The van der Waals surface area contributed by atoms with E-state index in [1.807, 2.05) is 26.0 Å². The molecule has 0 aromatic heterocycles. The van der Waals surface area contributed by atoms with E-state index in [0.717, 1.165) is 0 Å². The minimum atomic E-state index is -0.576. The molecule has 0 spiro atoms. The molecule has 2 aliphatic rings. The molecule has 0 unspecified atom stereocenters. The molecule has 2 rings (SSSR count). The van der Waals surface area contributed by atoms with Gasteiger partial charge in [0, 0.05) is 17.4 Å². The zero-order valence-corrected chi connectivity index (χ0v) is 9.82. The fraction of sp³-hybridized carbons (Fsp3) is 0.538. The van der Waals surface area contributed by atoms with Crippen LogP contribution >= 0.6 is 0 Å². The number of carbonyl (C=O) groups excluding carboxylic acids is 2. The molecule has 0 saturated heterocycles. The van der Waals surface area contributed by atoms with Gasteiger partial charge in [0.25, 0.3) is 0 Å². The van der Waals surface area contributed by atoms with E-state index in [1.54, 1.807) is 0 Å². The minimum absolute atomic E-state index is 0.00477. The first-order valence-corrected chi connectivity index (χ1v) is 5.51. The van der Waals surface area contributed by atoms with Crippen LogP contribution in [-0.4, -0.2) is 18.7 Å². The molecule has 0 amide bonds. The Balaban J connectivity index is 2.51. The smallest absolute Gasteiger partial charge is 0.202 e. The lowest BCUT2D eigenvalue weighted by atomic mass is 9.59. The predicted molar refractivity (Wildman–Crippen MR) is 59.6 cm³/mol. The van der Waals surface area contributed by atoms with Crippen LogP contribution in [0.4, 0.5) is 0 Å². The van der Waals surface area contributed by atoms with E-state index < -0.39 is 5.41 Å². The van der Waals surface area contributed by atoms with Crippen molar-refractivity contribution in [1.82, 2.24) is 0 Å². The van der Waals surface area contributed by atoms with Crippen LogP contribution in [0.3, 0.4) is 0 Å². The van der Waals surface area contributed by atoms with Crippen LogP contribution in [0.15, 0.2) is 24.0 Å². The molecule has 3 heteroatoms. The van der Waals surface area contributed by atoms with Crippen molar-refractivity contribution in [2.75, 3.05) is 7.11 Å². The zero-order chi connectivity index (χ0) is 11.9. The van der Waals surface area contributed by atoms with E-state index in [-0.39, 0.29) is 29.2 Å². The molecule has 16 heavy (non-hydrogen) atoms. The first-order chi connectivity index (χ1) is 7.50. The van der Waals surface area contributed by atoms with Crippen molar-refractivity contribution >= 4 is 11.6 Å². The molecule has 0 fully saturated rings. The van der Waals surface area contributed by atoms with E-state index in [2.05, 4.69) is 0 Å². The van der Waals surface area contributed by atoms with Gasteiger partial charge in [-0.1, -0.05) is 26.0 Å². The topological polar surface area (TPSA) is 43.4 Å². The number of rotatable bonds is 1. The van der Waals surface area contributed by atoms with Gasteiger partial charge in [-0.05, 0) is 12.3 Å². The van der Waals surface area contributed by atoms with Gasteiger partial charge in [-0.3, -0.25) is 9.59 Å². The van der Waals surface area contributed by atoms with Crippen molar-refractivity contribution < 1.29 is 14.3 Å². The number of hydrogen-bond acceptors (Lipinski definition) is 3. The number of Topliss-reactive ketones (excluding diaryl/α,β-unsaturated/α-hetero) is 1. The third-order valence-corrected chi connectivity index (χ3v) is 3.76. The van der Waals surface area contributed by atoms with Crippen LogP contribution in [0.2, 0.25) is 0 Å². The zero-order valence-electron chi connectivity index (χ0n) is 9.82. The molecule has 0 bridgehead atoms. The maximum atomic E-state index is 12.2. The van der Waals surface area contributed by atoms with Crippen LogP contribution in [0.25, 0.3) is 0 Å². The molecule has 0 N–H and O–H groups in total. The Kier molecular flexibility index (Phi) is 2.49.